The highest BCUT2D eigenvalue weighted by atomic mass is 35.5. The standard InChI is InChI=1S/C24H18Cl2N6O3S/c1-30-21-19(22(34)31(2)24(30)35)32(12-27-21)11-17(33)28-23-29-18(14-8-9-15(25)16(26)10-14)20(36-23)13-6-4-3-5-7-13/h3-10,12H,11H2,1-2H3,(H,28,29,33). The fraction of sp³-hybridized carbons (Fsp3) is 0.125. The number of nitrogens with zero attached hydrogens (tertiary/aromatic N) is 5. The molecule has 0 saturated heterocycles. The van der Waals surface area contributed by atoms with Crippen molar-refractivity contribution in [2.45, 2.75) is 6.54 Å². The summed E-state index contributed by atoms with van der Waals surface area (Å²) in [5.74, 6) is -0.403. The molecule has 1 N–H and O–H groups in total. The van der Waals surface area contributed by atoms with Gasteiger partial charge in [-0.1, -0.05) is 70.9 Å². The Kier molecular flexibility index (Phi) is 6.25. The summed E-state index contributed by atoms with van der Waals surface area (Å²) in [7, 11) is 2.90. The number of imidazole rings is 1. The molecule has 1 amide bonds. The van der Waals surface area contributed by atoms with Gasteiger partial charge in [-0.05, 0) is 17.7 Å². The molecular weight excluding hydrogens is 523 g/mol. The Labute approximate surface area is 218 Å². The van der Waals surface area contributed by atoms with Gasteiger partial charge in [-0.15, -0.1) is 0 Å². The highest BCUT2D eigenvalue weighted by Gasteiger charge is 2.19. The zero-order chi connectivity index (χ0) is 25.6. The van der Waals surface area contributed by atoms with Crippen LogP contribution < -0.4 is 16.6 Å². The van der Waals surface area contributed by atoms with Gasteiger partial charge in [0.05, 0.1) is 26.9 Å². The number of nitrogens with one attached hydrogen (secondary N) is 1. The minimum Gasteiger partial charge on any atom is -0.315 e. The summed E-state index contributed by atoms with van der Waals surface area (Å²) >= 11 is 13.6. The Hall–Kier alpha value is -3.73. The fourth-order valence-corrected chi connectivity index (χ4v) is 5.14. The third-order valence-corrected chi connectivity index (χ3v) is 7.39. The second-order valence-corrected chi connectivity index (χ2v) is 9.80. The van der Waals surface area contributed by atoms with Crippen LogP contribution in [0.4, 0.5) is 5.13 Å². The first-order valence-electron chi connectivity index (χ1n) is 10.7. The highest BCUT2D eigenvalue weighted by molar-refractivity contribution is 7.19. The van der Waals surface area contributed by atoms with Crippen LogP contribution in [0.2, 0.25) is 10.0 Å². The van der Waals surface area contributed by atoms with E-state index in [2.05, 4.69) is 15.3 Å². The van der Waals surface area contributed by atoms with Crippen LogP contribution in [0.25, 0.3) is 32.9 Å². The number of fused-ring (bicyclic) bond motifs is 1. The molecule has 0 spiro atoms. The topological polar surface area (TPSA) is 104 Å². The first-order chi connectivity index (χ1) is 17.2. The number of aromatic nitrogens is 5. The molecule has 3 aromatic heterocycles. The van der Waals surface area contributed by atoms with Crippen LogP contribution in [-0.2, 0) is 25.4 Å². The van der Waals surface area contributed by atoms with Crippen molar-refractivity contribution in [2.24, 2.45) is 14.1 Å². The second-order valence-electron chi connectivity index (χ2n) is 7.99. The molecule has 5 aromatic rings. The van der Waals surface area contributed by atoms with Crippen LogP contribution in [0.15, 0.2) is 64.4 Å². The molecule has 0 atom stereocenters. The van der Waals surface area contributed by atoms with Gasteiger partial charge >= 0.3 is 5.69 Å². The number of amides is 1. The molecule has 0 bridgehead atoms. The van der Waals surface area contributed by atoms with Crippen molar-refractivity contribution >= 4 is 56.7 Å². The monoisotopic (exact) mass is 540 g/mol. The van der Waals surface area contributed by atoms with Gasteiger partial charge in [0, 0.05) is 19.7 Å². The van der Waals surface area contributed by atoms with E-state index in [-0.39, 0.29) is 17.7 Å². The summed E-state index contributed by atoms with van der Waals surface area (Å²) in [5.41, 5.74) is 1.69. The van der Waals surface area contributed by atoms with E-state index in [0.717, 1.165) is 20.6 Å². The predicted molar refractivity (Wildman–Crippen MR) is 142 cm³/mol. The molecule has 5 rings (SSSR count). The lowest BCUT2D eigenvalue weighted by Crippen LogP contribution is -2.37. The number of thiazole rings is 1. The Bertz CT molecular complexity index is 1750. The highest BCUT2D eigenvalue weighted by Crippen LogP contribution is 2.40. The number of carbonyl (C=O) groups is 1. The zero-order valence-corrected chi connectivity index (χ0v) is 21.4. The summed E-state index contributed by atoms with van der Waals surface area (Å²) < 4.78 is 3.66. The number of anilines is 1. The average molecular weight is 541 g/mol. The quantitative estimate of drug-likeness (QED) is 0.360. The molecule has 0 saturated carbocycles. The van der Waals surface area contributed by atoms with Crippen molar-refractivity contribution in [3.05, 3.63) is 85.7 Å². The van der Waals surface area contributed by atoms with Crippen molar-refractivity contribution in [1.82, 2.24) is 23.7 Å². The molecule has 3 heterocycles. The largest absolute Gasteiger partial charge is 0.332 e. The van der Waals surface area contributed by atoms with E-state index in [1.165, 1.54) is 40.9 Å². The minimum absolute atomic E-state index is 0.162. The lowest BCUT2D eigenvalue weighted by atomic mass is 10.1. The maximum atomic E-state index is 13.0. The summed E-state index contributed by atoms with van der Waals surface area (Å²) in [5, 5.41) is 4.02. The third kappa shape index (κ3) is 4.23. The summed E-state index contributed by atoms with van der Waals surface area (Å²) in [6, 6.07) is 14.9. The maximum Gasteiger partial charge on any atom is 0.332 e. The van der Waals surface area contributed by atoms with Crippen LogP contribution in [0.3, 0.4) is 0 Å². The number of aryl methyl sites for hydroxylation is 1. The van der Waals surface area contributed by atoms with Gasteiger partial charge in [-0.2, -0.15) is 0 Å². The van der Waals surface area contributed by atoms with Gasteiger partial charge < -0.3 is 9.88 Å². The number of benzene rings is 2. The molecular formula is C24H18Cl2N6O3S. The number of carbonyl (C=O) groups excluding carboxylic acids is 1. The van der Waals surface area contributed by atoms with Crippen molar-refractivity contribution in [2.75, 3.05) is 5.32 Å². The van der Waals surface area contributed by atoms with E-state index in [0.29, 0.717) is 20.9 Å². The molecule has 0 aliphatic rings. The van der Waals surface area contributed by atoms with E-state index in [9.17, 15) is 14.4 Å². The van der Waals surface area contributed by atoms with E-state index < -0.39 is 17.2 Å². The second kappa shape index (κ2) is 9.38. The molecule has 0 fully saturated rings. The van der Waals surface area contributed by atoms with Crippen LogP contribution in [0.5, 0.6) is 0 Å². The first-order valence-corrected chi connectivity index (χ1v) is 12.2. The molecule has 182 valence electrons. The molecule has 0 aliphatic carbocycles. The van der Waals surface area contributed by atoms with Crippen LogP contribution >= 0.6 is 34.5 Å². The van der Waals surface area contributed by atoms with E-state index >= 15 is 0 Å². The summed E-state index contributed by atoms with van der Waals surface area (Å²) in [4.78, 5) is 47.4. The number of halogens is 2. The molecule has 0 unspecified atom stereocenters. The lowest BCUT2D eigenvalue weighted by Gasteiger charge is -2.06. The SMILES string of the molecule is Cn1c(=O)c2c(ncn2CC(=O)Nc2nc(-c3ccc(Cl)c(Cl)c3)c(-c3ccccc3)s2)n(C)c1=O. The van der Waals surface area contributed by atoms with Crippen molar-refractivity contribution in [3.8, 4) is 21.7 Å². The fourth-order valence-electron chi connectivity index (χ4n) is 3.83. The van der Waals surface area contributed by atoms with E-state index in [1.54, 1.807) is 12.1 Å². The Morgan fingerprint density at radius 1 is 1.00 bits per heavy atom. The lowest BCUT2D eigenvalue weighted by molar-refractivity contribution is -0.116. The van der Waals surface area contributed by atoms with Gasteiger partial charge in [0.25, 0.3) is 5.56 Å². The molecule has 2 aromatic carbocycles. The number of hydrogen-bond donors (Lipinski definition) is 1. The van der Waals surface area contributed by atoms with Gasteiger partial charge in [0.2, 0.25) is 5.91 Å². The number of rotatable bonds is 5. The Morgan fingerprint density at radius 3 is 2.47 bits per heavy atom. The van der Waals surface area contributed by atoms with Crippen molar-refractivity contribution < 1.29 is 4.79 Å². The molecule has 0 radical (unpaired) electrons. The van der Waals surface area contributed by atoms with Crippen molar-refractivity contribution in [3.63, 3.8) is 0 Å². The van der Waals surface area contributed by atoms with Gasteiger partial charge in [0.15, 0.2) is 16.3 Å². The van der Waals surface area contributed by atoms with Crippen molar-refractivity contribution in [1.29, 1.82) is 0 Å². The summed E-state index contributed by atoms with van der Waals surface area (Å²) in [6.07, 6.45) is 1.36. The Morgan fingerprint density at radius 2 is 1.75 bits per heavy atom. The smallest absolute Gasteiger partial charge is 0.315 e. The third-order valence-electron chi connectivity index (χ3n) is 5.63. The van der Waals surface area contributed by atoms with Crippen LogP contribution in [0.1, 0.15) is 0 Å². The normalized spacial score (nSPS) is 11.2. The van der Waals surface area contributed by atoms with Gasteiger partial charge in [-0.3, -0.25) is 18.7 Å². The van der Waals surface area contributed by atoms with Gasteiger partial charge in [-0.25, -0.2) is 14.8 Å². The molecule has 36 heavy (non-hydrogen) atoms. The average Bonchev–Trinajstić information content (AvgIpc) is 3.48. The van der Waals surface area contributed by atoms with Gasteiger partial charge in [0.1, 0.15) is 6.54 Å². The Balaban J connectivity index is 1.49. The van der Waals surface area contributed by atoms with E-state index in [4.69, 9.17) is 23.2 Å². The summed E-state index contributed by atoms with van der Waals surface area (Å²) in [6.45, 7) is -0.188. The minimum atomic E-state index is -0.527. The predicted octanol–water partition coefficient (Wildman–Crippen LogP) is 4.17. The van der Waals surface area contributed by atoms with E-state index in [1.807, 2.05) is 36.4 Å². The molecule has 9 nitrogen and oxygen atoms in total. The molecule has 0 aliphatic heterocycles. The maximum absolute atomic E-state index is 13.0. The first kappa shape index (κ1) is 24.0. The van der Waals surface area contributed by atoms with Crippen LogP contribution in [-0.4, -0.2) is 29.6 Å². The zero-order valence-electron chi connectivity index (χ0n) is 19.0. The number of hydrogen-bond acceptors (Lipinski definition) is 6. The molecule has 12 heteroatoms. The van der Waals surface area contributed by atoms with Crippen LogP contribution in [0, 0.1) is 0 Å².